The van der Waals surface area contributed by atoms with Crippen molar-refractivity contribution in [2.75, 3.05) is 31.1 Å². The fourth-order valence-corrected chi connectivity index (χ4v) is 4.30. The van der Waals surface area contributed by atoms with Crippen LogP contribution in [0.3, 0.4) is 0 Å². The Kier molecular flexibility index (Phi) is 5.13. The van der Waals surface area contributed by atoms with Crippen LogP contribution in [0, 0.1) is 20.8 Å². The van der Waals surface area contributed by atoms with Crippen LogP contribution in [0.25, 0.3) is 22.4 Å². The second kappa shape index (κ2) is 8.11. The van der Waals surface area contributed by atoms with Gasteiger partial charge in [0.05, 0.1) is 22.3 Å². The number of hydrogen-bond donors (Lipinski definition) is 0. The van der Waals surface area contributed by atoms with E-state index in [-0.39, 0.29) is 5.91 Å². The van der Waals surface area contributed by atoms with Gasteiger partial charge in [-0.1, -0.05) is 47.1 Å². The van der Waals surface area contributed by atoms with Gasteiger partial charge in [-0.2, -0.15) is 0 Å². The largest absolute Gasteiger partial charge is 0.368 e. The Morgan fingerprint density at radius 3 is 2.38 bits per heavy atom. The summed E-state index contributed by atoms with van der Waals surface area (Å²) in [5, 5.41) is 4.78. The average molecular weight is 427 g/mol. The van der Waals surface area contributed by atoms with Crippen LogP contribution in [-0.4, -0.2) is 47.1 Å². The van der Waals surface area contributed by atoms with Crippen molar-refractivity contribution in [2.45, 2.75) is 20.8 Å². The lowest BCUT2D eigenvalue weighted by Crippen LogP contribution is -2.48. The summed E-state index contributed by atoms with van der Waals surface area (Å²) in [5.41, 5.74) is 6.99. The molecule has 0 aliphatic carbocycles. The zero-order valence-electron chi connectivity index (χ0n) is 18.6. The zero-order chi connectivity index (χ0) is 22.2. The standard InChI is InChI=1S/C26H26N4O2/c1-17-7-9-20(10-8-17)23-16-22(24-19(3)28-32-25(24)27-23)26(31)30-13-11-29(12-14-30)21-6-4-5-18(2)15-21/h4-10,15-16H,11-14H2,1-3H3. The van der Waals surface area contributed by atoms with Crippen LogP contribution < -0.4 is 4.90 Å². The molecule has 0 N–H and O–H groups in total. The average Bonchev–Trinajstić information content (AvgIpc) is 3.19. The molecule has 162 valence electrons. The third kappa shape index (κ3) is 3.73. The lowest BCUT2D eigenvalue weighted by molar-refractivity contribution is 0.0748. The molecule has 0 saturated carbocycles. The molecule has 1 amide bonds. The van der Waals surface area contributed by atoms with E-state index >= 15 is 0 Å². The van der Waals surface area contributed by atoms with Crippen LogP contribution in [0.1, 0.15) is 27.2 Å². The van der Waals surface area contributed by atoms with Gasteiger partial charge < -0.3 is 14.3 Å². The lowest BCUT2D eigenvalue weighted by Gasteiger charge is -2.36. The number of hydrogen-bond acceptors (Lipinski definition) is 5. The Balaban J connectivity index is 1.44. The highest BCUT2D eigenvalue weighted by atomic mass is 16.5. The number of aromatic nitrogens is 2. The number of anilines is 1. The second-order valence-corrected chi connectivity index (χ2v) is 8.49. The SMILES string of the molecule is Cc1ccc(-c2cc(C(=O)N3CCN(c4cccc(C)c4)CC3)c3c(C)noc3n2)cc1. The van der Waals surface area contributed by atoms with Gasteiger partial charge in [0.2, 0.25) is 0 Å². The van der Waals surface area contributed by atoms with E-state index in [9.17, 15) is 4.79 Å². The van der Waals surface area contributed by atoms with Crippen molar-refractivity contribution in [3.63, 3.8) is 0 Å². The highest BCUT2D eigenvalue weighted by Crippen LogP contribution is 2.29. The monoisotopic (exact) mass is 426 g/mol. The first-order valence-corrected chi connectivity index (χ1v) is 10.9. The van der Waals surface area contributed by atoms with Crippen molar-refractivity contribution in [1.29, 1.82) is 0 Å². The van der Waals surface area contributed by atoms with E-state index in [1.807, 2.05) is 49.1 Å². The Hall–Kier alpha value is -3.67. The molecule has 32 heavy (non-hydrogen) atoms. The van der Waals surface area contributed by atoms with E-state index in [0.29, 0.717) is 35.4 Å². The Morgan fingerprint density at radius 2 is 1.66 bits per heavy atom. The van der Waals surface area contributed by atoms with E-state index in [4.69, 9.17) is 4.52 Å². The summed E-state index contributed by atoms with van der Waals surface area (Å²) in [6, 6.07) is 18.5. The molecular formula is C26H26N4O2. The summed E-state index contributed by atoms with van der Waals surface area (Å²) < 4.78 is 5.46. The first kappa shape index (κ1) is 20.2. The molecule has 1 aliphatic heterocycles. The molecule has 4 aromatic rings. The fourth-order valence-electron chi connectivity index (χ4n) is 4.30. The van der Waals surface area contributed by atoms with Crippen molar-refractivity contribution in [1.82, 2.24) is 15.0 Å². The molecular weight excluding hydrogens is 400 g/mol. The molecule has 1 aliphatic rings. The molecule has 1 saturated heterocycles. The minimum absolute atomic E-state index is 0.000883. The van der Waals surface area contributed by atoms with Crippen molar-refractivity contribution >= 4 is 22.7 Å². The molecule has 0 unspecified atom stereocenters. The molecule has 2 aromatic heterocycles. The van der Waals surface area contributed by atoms with E-state index in [1.165, 1.54) is 16.8 Å². The van der Waals surface area contributed by atoms with Crippen LogP contribution in [0.5, 0.6) is 0 Å². The minimum atomic E-state index is 0.000883. The zero-order valence-corrected chi connectivity index (χ0v) is 18.6. The number of carbonyl (C=O) groups excluding carboxylic acids is 1. The van der Waals surface area contributed by atoms with Crippen molar-refractivity contribution in [2.24, 2.45) is 0 Å². The third-order valence-corrected chi connectivity index (χ3v) is 6.13. The normalized spacial score (nSPS) is 14.2. The minimum Gasteiger partial charge on any atom is -0.368 e. The van der Waals surface area contributed by atoms with Crippen LogP contribution in [0.15, 0.2) is 59.1 Å². The molecule has 1 fully saturated rings. The molecule has 6 heteroatoms. The number of carbonyl (C=O) groups is 1. The number of fused-ring (bicyclic) bond motifs is 1. The van der Waals surface area contributed by atoms with Crippen LogP contribution in [-0.2, 0) is 0 Å². The van der Waals surface area contributed by atoms with Gasteiger partial charge in [0, 0.05) is 37.4 Å². The van der Waals surface area contributed by atoms with Crippen LogP contribution >= 0.6 is 0 Å². The summed E-state index contributed by atoms with van der Waals surface area (Å²) in [6.07, 6.45) is 0. The number of aryl methyl sites for hydroxylation is 3. The smallest absolute Gasteiger partial charge is 0.259 e. The number of nitrogens with zero attached hydrogens (tertiary/aromatic N) is 4. The van der Waals surface area contributed by atoms with Gasteiger partial charge in [0.15, 0.2) is 0 Å². The van der Waals surface area contributed by atoms with Gasteiger partial charge in [-0.05, 0) is 44.5 Å². The first-order chi connectivity index (χ1) is 15.5. The maximum atomic E-state index is 13.6. The van der Waals surface area contributed by atoms with Gasteiger partial charge >= 0.3 is 0 Å². The Bertz CT molecular complexity index is 1290. The van der Waals surface area contributed by atoms with Gasteiger partial charge in [-0.3, -0.25) is 4.79 Å². The van der Waals surface area contributed by atoms with E-state index in [1.54, 1.807) is 0 Å². The topological polar surface area (TPSA) is 62.5 Å². The summed E-state index contributed by atoms with van der Waals surface area (Å²) in [6.45, 7) is 8.94. The fraction of sp³-hybridized carbons (Fsp3) is 0.269. The van der Waals surface area contributed by atoms with Gasteiger partial charge in [0.25, 0.3) is 11.6 Å². The first-order valence-electron chi connectivity index (χ1n) is 10.9. The molecule has 0 radical (unpaired) electrons. The number of piperazine rings is 1. The van der Waals surface area contributed by atoms with E-state index in [0.717, 1.165) is 24.3 Å². The number of amides is 1. The molecule has 0 bridgehead atoms. The Labute approximate surface area is 187 Å². The number of benzene rings is 2. The third-order valence-electron chi connectivity index (χ3n) is 6.13. The van der Waals surface area contributed by atoms with E-state index in [2.05, 4.69) is 46.2 Å². The number of rotatable bonds is 3. The summed E-state index contributed by atoms with van der Waals surface area (Å²) in [4.78, 5) is 22.5. The molecule has 6 nitrogen and oxygen atoms in total. The van der Waals surface area contributed by atoms with Crippen LogP contribution in [0.4, 0.5) is 5.69 Å². The molecule has 0 atom stereocenters. The second-order valence-electron chi connectivity index (χ2n) is 8.49. The Morgan fingerprint density at radius 1 is 0.906 bits per heavy atom. The van der Waals surface area contributed by atoms with Gasteiger partial charge in [0.1, 0.15) is 0 Å². The predicted molar refractivity (Wildman–Crippen MR) is 126 cm³/mol. The number of pyridine rings is 1. The lowest BCUT2D eigenvalue weighted by atomic mass is 10.0. The van der Waals surface area contributed by atoms with Crippen molar-refractivity contribution in [3.05, 3.63) is 77.0 Å². The predicted octanol–water partition coefficient (Wildman–Crippen LogP) is 4.78. The highest BCUT2D eigenvalue weighted by molar-refractivity contribution is 6.07. The van der Waals surface area contributed by atoms with Gasteiger partial charge in [-0.15, -0.1) is 0 Å². The molecule has 5 rings (SSSR count). The summed E-state index contributed by atoms with van der Waals surface area (Å²) in [5.74, 6) is 0.000883. The maximum Gasteiger partial charge on any atom is 0.259 e. The summed E-state index contributed by atoms with van der Waals surface area (Å²) >= 11 is 0. The van der Waals surface area contributed by atoms with E-state index < -0.39 is 0 Å². The summed E-state index contributed by atoms with van der Waals surface area (Å²) in [7, 11) is 0. The molecule has 0 spiro atoms. The molecule has 3 heterocycles. The maximum absolute atomic E-state index is 13.6. The quantitative estimate of drug-likeness (QED) is 0.472. The van der Waals surface area contributed by atoms with Crippen molar-refractivity contribution in [3.8, 4) is 11.3 Å². The molecule has 2 aromatic carbocycles. The van der Waals surface area contributed by atoms with Crippen LogP contribution in [0.2, 0.25) is 0 Å². The van der Waals surface area contributed by atoms with Crippen molar-refractivity contribution < 1.29 is 9.32 Å². The van der Waals surface area contributed by atoms with Gasteiger partial charge in [-0.25, -0.2) is 4.98 Å². The highest BCUT2D eigenvalue weighted by Gasteiger charge is 2.26.